The summed E-state index contributed by atoms with van der Waals surface area (Å²) >= 11 is 0. The number of primary amides is 1. The molecule has 68 heavy (non-hydrogen) atoms. The molecule has 0 bridgehead atoms. The van der Waals surface area contributed by atoms with Crippen LogP contribution in [0.1, 0.15) is 98.0 Å². The van der Waals surface area contributed by atoms with E-state index in [1.807, 2.05) is 34.6 Å². The molecule has 0 heterocycles. The Balaban J connectivity index is 3.40. The van der Waals surface area contributed by atoms with Gasteiger partial charge in [0.25, 0.3) is 0 Å². The van der Waals surface area contributed by atoms with Crippen LogP contribution >= 0.6 is 0 Å². The molecule has 9 amide bonds. The Morgan fingerprint density at radius 3 is 1.06 bits per heavy atom. The molecule has 0 aliphatic carbocycles. The predicted octanol–water partition coefficient (Wildman–Crippen LogP) is -3.77. The normalized spacial score (nSPS) is 14.7. The Morgan fingerprint density at radius 1 is 0.426 bits per heavy atom. The second-order valence-electron chi connectivity index (χ2n) is 17.5. The van der Waals surface area contributed by atoms with E-state index in [-0.39, 0.29) is 108 Å². The average Bonchev–Trinajstić information content (AvgIpc) is 3.27. The second-order valence-corrected chi connectivity index (χ2v) is 17.5. The summed E-state index contributed by atoms with van der Waals surface area (Å²) in [5.41, 5.74) is 35.1. The van der Waals surface area contributed by atoms with Gasteiger partial charge in [0.05, 0.1) is 0 Å². The molecule has 0 fully saturated rings. The number of hydrogen-bond acceptors (Lipinski definition) is 14. The highest BCUT2D eigenvalue weighted by atomic mass is 16.2. The molecule has 0 spiro atoms. The van der Waals surface area contributed by atoms with Gasteiger partial charge in [0.15, 0.2) is 0 Å². The molecule has 8 atom stereocenters. The second kappa shape index (κ2) is 32.9. The Hall–Kier alpha value is -5.75. The number of amides is 9. The number of carbonyl (C=O) groups excluding carboxylic acids is 9. The van der Waals surface area contributed by atoms with Crippen LogP contribution in [0.4, 0.5) is 0 Å². The average molecular weight is 961 g/mol. The summed E-state index contributed by atoms with van der Waals surface area (Å²) in [4.78, 5) is 121. The smallest absolute Gasteiger partial charge is 0.243 e. The van der Waals surface area contributed by atoms with E-state index in [4.69, 9.17) is 34.4 Å². The van der Waals surface area contributed by atoms with Gasteiger partial charge in [-0.3, -0.25) is 43.2 Å². The molecule has 1 aromatic rings. The van der Waals surface area contributed by atoms with Gasteiger partial charge in [0.2, 0.25) is 53.2 Å². The first kappa shape index (κ1) is 60.3. The van der Waals surface area contributed by atoms with Gasteiger partial charge in [-0.05, 0) is 101 Å². The van der Waals surface area contributed by atoms with Gasteiger partial charge in [0.1, 0.15) is 48.3 Å². The third-order valence-electron chi connectivity index (χ3n) is 10.6. The predicted molar refractivity (Wildman–Crippen MR) is 257 cm³/mol. The van der Waals surface area contributed by atoms with E-state index >= 15 is 0 Å². The highest BCUT2D eigenvalue weighted by Gasteiger charge is 2.35. The van der Waals surface area contributed by atoms with E-state index in [0.717, 1.165) is 0 Å². The van der Waals surface area contributed by atoms with Gasteiger partial charge >= 0.3 is 0 Å². The molecule has 0 saturated heterocycles. The van der Waals surface area contributed by atoms with E-state index < -0.39 is 95.6 Å². The van der Waals surface area contributed by atoms with Crippen LogP contribution in [0.5, 0.6) is 0 Å². The molecule has 1 rings (SSSR count). The maximum absolute atomic E-state index is 14.2. The van der Waals surface area contributed by atoms with Crippen LogP contribution in [-0.4, -0.2) is 134 Å². The van der Waals surface area contributed by atoms with Crippen molar-refractivity contribution < 1.29 is 43.2 Å². The van der Waals surface area contributed by atoms with Crippen molar-refractivity contribution in [2.75, 3.05) is 32.7 Å². The lowest BCUT2D eigenvalue weighted by atomic mass is 10.00. The van der Waals surface area contributed by atoms with Gasteiger partial charge in [-0.25, -0.2) is 0 Å². The Kier molecular flexibility index (Phi) is 29.1. The number of nitrogens with one attached hydrogen (secondary N) is 8. The van der Waals surface area contributed by atoms with Crippen molar-refractivity contribution in [2.24, 2.45) is 46.2 Å². The summed E-state index contributed by atoms with van der Waals surface area (Å²) in [5.74, 6) is -6.48. The quantitative estimate of drug-likeness (QED) is 0.0316. The number of benzene rings is 1. The molecule has 0 saturated carbocycles. The van der Waals surface area contributed by atoms with Gasteiger partial charge in [-0.15, -0.1) is 0 Å². The van der Waals surface area contributed by atoms with Crippen LogP contribution in [0.15, 0.2) is 30.3 Å². The maximum Gasteiger partial charge on any atom is 0.243 e. The lowest BCUT2D eigenvalue weighted by Gasteiger charge is -2.28. The Bertz CT molecular complexity index is 1770. The monoisotopic (exact) mass is 961 g/mol. The standard InChI is InChI=1S/C45H80N14O9/c1-6-10-37(60)52-29(13-18-46)39(62)53-30(14-19-47)40(63)55-33(17-22-50)43(66)58-35(24-27(4)5)44(67)59-36(25-28-11-8-7-9-12-28)45(68)56-31(15-20-48)41(64)54-32(16-21-49)42(65)57-34(38(51)61)23-26(2)3/h7-9,11-12,26-27,29-36H,6,10,13-25,46-50H2,1-5H3,(H2,51,61)(H,52,60)(H,53,62)(H,54,64)(H,55,63)(H,56,68)(H,57,65)(H,58,66)(H,59,67)/t29-,30+,31+,32+,33+,34+,35+,36-/m1/s1. The topological polar surface area (TPSA) is 406 Å². The maximum atomic E-state index is 14.2. The summed E-state index contributed by atoms with van der Waals surface area (Å²) in [6.45, 7) is 9.05. The van der Waals surface area contributed by atoms with Crippen molar-refractivity contribution in [3.63, 3.8) is 0 Å². The minimum Gasteiger partial charge on any atom is -0.368 e. The summed E-state index contributed by atoms with van der Waals surface area (Å²) in [5, 5.41) is 21.1. The van der Waals surface area contributed by atoms with E-state index in [9.17, 15) is 43.2 Å². The minimum absolute atomic E-state index is 0.0118. The zero-order valence-electron chi connectivity index (χ0n) is 40.4. The highest BCUT2D eigenvalue weighted by Crippen LogP contribution is 2.11. The molecule has 20 N–H and O–H groups in total. The van der Waals surface area contributed by atoms with Crippen molar-refractivity contribution in [3.05, 3.63) is 35.9 Å². The van der Waals surface area contributed by atoms with Crippen molar-refractivity contribution in [3.8, 4) is 0 Å². The zero-order valence-corrected chi connectivity index (χ0v) is 40.4. The Morgan fingerprint density at radius 2 is 0.721 bits per heavy atom. The first-order chi connectivity index (χ1) is 32.2. The summed E-state index contributed by atoms with van der Waals surface area (Å²) in [6, 6.07) is -0.836. The van der Waals surface area contributed by atoms with Crippen LogP contribution in [0, 0.1) is 11.8 Å². The fourth-order valence-electron chi connectivity index (χ4n) is 7.06. The van der Waals surface area contributed by atoms with Crippen LogP contribution < -0.4 is 76.9 Å². The van der Waals surface area contributed by atoms with Crippen molar-refractivity contribution in [1.29, 1.82) is 0 Å². The minimum atomic E-state index is -1.31. The van der Waals surface area contributed by atoms with Crippen LogP contribution in [-0.2, 0) is 49.6 Å². The molecule has 1 aromatic carbocycles. The summed E-state index contributed by atoms with van der Waals surface area (Å²) < 4.78 is 0. The van der Waals surface area contributed by atoms with E-state index in [1.165, 1.54) is 0 Å². The Labute approximate surface area is 400 Å². The molecular weight excluding hydrogens is 881 g/mol. The number of hydrogen-bond donors (Lipinski definition) is 14. The van der Waals surface area contributed by atoms with Crippen LogP contribution in [0.25, 0.3) is 0 Å². The van der Waals surface area contributed by atoms with E-state index in [1.54, 1.807) is 30.3 Å². The van der Waals surface area contributed by atoms with Crippen molar-refractivity contribution >= 4 is 53.2 Å². The van der Waals surface area contributed by atoms with Gasteiger partial charge in [-0.2, -0.15) is 0 Å². The van der Waals surface area contributed by atoms with Gasteiger partial charge in [-0.1, -0.05) is 65.0 Å². The lowest BCUT2D eigenvalue weighted by molar-refractivity contribution is -0.136. The van der Waals surface area contributed by atoms with Crippen LogP contribution in [0.3, 0.4) is 0 Å². The first-order valence-corrected chi connectivity index (χ1v) is 23.5. The fourth-order valence-corrected chi connectivity index (χ4v) is 7.06. The molecule has 0 unspecified atom stereocenters. The first-order valence-electron chi connectivity index (χ1n) is 23.5. The third kappa shape index (κ3) is 22.8. The number of carbonyl (C=O) groups is 9. The number of nitrogens with two attached hydrogens (primary N) is 6. The summed E-state index contributed by atoms with van der Waals surface area (Å²) in [7, 11) is 0. The van der Waals surface area contributed by atoms with Crippen LogP contribution in [0.2, 0.25) is 0 Å². The zero-order chi connectivity index (χ0) is 51.3. The lowest BCUT2D eigenvalue weighted by Crippen LogP contribution is -2.61. The van der Waals surface area contributed by atoms with Crippen molar-refractivity contribution in [1.82, 2.24) is 42.5 Å². The molecule has 384 valence electrons. The fraction of sp³-hybridized carbons (Fsp3) is 0.667. The van der Waals surface area contributed by atoms with Gasteiger partial charge < -0.3 is 76.9 Å². The summed E-state index contributed by atoms with van der Waals surface area (Å²) in [6.07, 6.45) is 0.956. The van der Waals surface area contributed by atoms with Crippen molar-refractivity contribution in [2.45, 2.75) is 147 Å². The van der Waals surface area contributed by atoms with Gasteiger partial charge in [0, 0.05) is 12.8 Å². The molecule has 0 aliphatic rings. The molecule has 23 nitrogen and oxygen atoms in total. The number of rotatable bonds is 34. The molecule has 0 radical (unpaired) electrons. The van der Waals surface area contributed by atoms with E-state index in [2.05, 4.69) is 42.5 Å². The molecule has 23 heteroatoms. The third-order valence-corrected chi connectivity index (χ3v) is 10.6. The largest absolute Gasteiger partial charge is 0.368 e. The molecule has 0 aromatic heterocycles. The molecule has 0 aliphatic heterocycles. The molecular formula is C45H80N14O9. The van der Waals surface area contributed by atoms with E-state index in [0.29, 0.717) is 12.0 Å². The SMILES string of the molecule is CCCC(=O)N[C@H](CCN)C(=O)N[C@@H](CCN)C(=O)N[C@@H](CCN)C(=O)N[C@@H](CC(C)C)C(=O)N[C@H](Cc1ccccc1)C(=O)N[C@@H](CCN)C(=O)N[C@@H](CCN)C(=O)N[C@@H](CC(C)C)C(N)=O. The highest BCUT2D eigenvalue weighted by molar-refractivity contribution is 5.98.